The van der Waals surface area contributed by atoms with Gasteiger partial charge in [0.1, 0.15) is 17.2 Å². The molecule has 1 heterocycles. The molecule has 6 nitrogen and oxygen atoms in total. The maximum absolute atomic E-state index is 13.8. The monoisotopic (exact) mass is 450 g/mol. The van der Waals surface area contributed by atoms with E-state index in [-0.39, 0.29) is 23.1 Å². The predicted molar refractivity (Wildman–Crippen MR) is 124 cm³/mol. The molecule has 166 valence electrons. The second kappa shape index (κ2) is 9.04. The van der Waals surface area contributed by atoms with Crippen LogP contribution in [0, 0.1) is 6.92 Å². The topological polar surface area (TPSA) is 66.9 Å². The molecule has 1 amide bonds. The summed E-state index contributed by atoms with van der Waals surface area (Å²) in [5, 5.41) is 0. The first kappa shape index (κ1) is 21.9. The first-order valence-corrected chi connectivity index (χ1v) is 11.9. The van der Waals surface area contributed by atoms with Crippen LogP contribution in [0.2, 0.25) is 0 Å². The van der Waals surface area contributed by atoms with E-state index in [1.54, 1.807) is 47.4 Å². The molecule has 4 rings (SSSR count). The van der Waals surface area contributed by atoms with E-state index in [1.807, 2.05) is 31.2 Å². The van der Waals surface area contributed by atoms with Crippen molar-refractivity contribution in [1.82, 2.24) is 4.90 Å². The molecule has 0 fully saturated rings. The van der Waals surface area contributed by atoms with Crippen molar-refractivity contribution in [3.05, 3.63) is 89.5 Å². The molecule has 0 saturated heterocycles. The van der Waals surface area contributed by atoms with Crippen molar-refractivity contribution in [1.29, 1.82) is 0 Å². The largest absolute Gasteiger partial charge is 0.495 e. The number of ether oxygens (including phenoxy) is 1. The lowest BCUT2D eigenvalue weighted by Crippen LogP contribution is -2.44. The number of fused-ring (bicyclic) bond motifs is 1. The number of amides is 1. The van der Waals surface area contributed by atoms with Gasteiger partial charge >= 0.3 is 0 Å². The highest BCUT2D eigenvalue weighted by atomic mass is 32.2. The number of para-hydroxylation sites is 1. The van der Waals surface area contributed by atoms with E-state index in [9.17, 15) is 13.2 Å². The molecule has 3 aromatic carbocycles. The highest BCUT2D eigenvalue weighted by Gasteiger charge is 2.32. The smallest absolute Gasteiger partial charge is 0.268 e. The quantitative estimate of drug-likeness (QED) is 0.573. The second-order valence-corrected chi connectivity index (χ2v) is 9.67. The zero-order valence-corrected chi connectivity index (χ0v) is 19.0. The highest BCUT2D eigenvalue weighted by molar-refractivity contribution is 7.93. The van der Waals surface area contributed by atoms with Gasteiger partial charge in [0.15, 0.2) is 0 Å². The number of carbonyl (C=O) groups is 1. The lowest BCUT2D eigenvalue weighted by molar-refractivity contribution is -0.130. The molecule has 0 aliphatic carbocycles. The predicted octanol–water partition coefficient (Wildman–Crippen LogP) is 3.78. The summed E-state index contributed by atoms with van der Waals surface area (Å²) in [4.78, 5) is 15.0. The Morgan fingerprint density at radius 2 is 1.69 bits per heavy atom. The standard InChI is InChI=1S/C25H26N2O4S/c1-19-12-13-23(31-2)24(16-19)32(29,30)27(22-10-4-3-5-11-22)18-25(28)26-15-14-20-8-6-7-9-21(20)17-26/h3-13,16H,14-15,17-18H2,1-2H3. The summed E-state index contributed by atoms with van der Waals surface area (Å²) in [5.74, 6) is 0.00873. The number of hydrogen-bond acceptors (Lipinski definition) is 4. The van der Waals surface area contributed by atoms with Crippen molar-refractivity contribution < 1.29 is 17.9 Å². The van der Waals surface area contributed by atoms with Gasteiger partial charge in [-0.1, -0.05) is 48.5 Å². The molecule has 32 heavy (non-hydrogen) atoms. The van der Waals surface area contributed by atoms with E-state index < -0.39 is 10.0 Å². The fraction of sp³-hybridized carbons (Fsp3) is 0.240. The summed E-state index contributed by atoms with van der Waals surface area (Å²) >= 11 is 0. The van der Waals surface area contributed by atoms with Crippen LogP contribution in [0.25, 0.3) is 0 Å². The minimum atomic E-state index is -4.05. The van der Waals surface area contributed by atoms with E-state index in [1.165, 1.54) is 17.0 Å². The number of benzene rings is 3. The van der Waals surface area contributed by atoms with Crippen molar-refractivity contribution >= 4 is 21.6 Å². The van der Waals surface area contributed by atoms with Crippen molar-refractivity contribution in [2.45, 2.75) is 24.8 Å². The van der Waals surface area contributed by atoms with Crippen LogP contribution in [0.4, 0.5) is 5.69 Å². The van der Waals surface area contributed by atoms with Gasteiger partial charge < -0.3 is 9.64 Å². The Bertz CT molecular complexity index is 1230. The molecule has 0 N–H and O–H groups in total. The van der Waals surface area contributed by atoms with Gasteiger partial charge in [-0.3, -0.25) is 9.10 Å². The molecular weight excluding hydrogens is 424 g/mol. The van der Waals surface area contributed by atoms with Crippen LogP contribution in [0.15, 0.2) is 77.7 Å². The Balaban J connectivity index is 1.68. The molecular formula is C25H26N2O4S. The number of sulfonamides is 1. The Kier molecular flexibility index (Phi) is 6.19. The minimum absolute atomic E-state index is 0.0423. The van der Waals surface area contributed by atoms with Crippen LogP contribution in [0.5, 0.6) is 5.75 Å². The molecule has 0 spiro atoms. The molecule has 0 saturated carbocycles. The van der Waals surface area contributed by atoms with Crippen LogP contribution in [-0.4, -0.2) is 39.4 Å². The second-order valence-electron chi connectivity index (χ2n) is 7.84. The number of hydrogen-bond donors (Lipinski definition) is 0. The number of nitrogens with zero attached hydrogens (tertiary/aromatic N) is 2. The van der Waals surface area contributed by atoms with Gasteiger partial charge in [0.05, 0.1) is 12.8 Å². The zero-order valence-electron chi connectivity index (χ0n) is 18.2. The summed E-state index contributed by atoms with van der Waals surface area (Å²) in [7, 11) is -2.62. The molecule has 3 aromatic rings. The molecule has 0 bridgehead atoms. The third-order valence-electron chi connectivity index (χ3n) is 5.69. The molecule has 0 unspecified atom stereocenters. The first-order chi connectivity index (χ1) is 15.4. The molecule has 1 aliphatic heterocycles. The maximum atomic E-state index is 13.8. The van der Waals surface area contributed by atoms with Crippen molar-refractivity contribution in [2.24, 2.45) is 0 Å². The van der Waals surface area contributed by atoms with Crippen LogP contribution in [-0.2, 0) is 27.8 Å². The number of aryl methyl sites for hydroxylation is 1. The summed E-state index contributed by atoms with van der Waals surface area (Å²) in [6, 6.07) is 21.7. The molecule has 0 atom stereocenters. The van der Waals surface area contributed by atoms with Gasteiger partial charge in [-0.15, -0.1) is 0 Å². The van der Waals surface area contributed by atoms with Crippen molar-refractivity contribution in [3.63, 3.8) is 0 Å². The molecule has 7 heteroatoms. The highest BCUT2D eigenvalue weighted by Crippen LogP contribution is 2.31. The third kappa shape index (κ3) is 4.34. The van der Waals surface area contributed by atoms with E-state index in [0.717, 1.165) is 17.5 Å². The summed E-state index contributed by atoms with van der Waals surface area (Å²) in [5.41, 5.74) is 3.55. The maximum Gasteiger partial charge on any atom is 0.268 e. The van der Waals surface area contributed by atoms with E-state index in [0.29, 0.717) is 18.8 Å². The van der Waals surface area contributed by atoms with Gasteiger partial charge in [-0.25, -0.2) is 8.42 Å². The average Bonchev–Trinajstić information content (AvgIpc) is 2.82. The number of rotatable bonds is 6. The molecule has 0 aromatic heterocycles. The van der Waals surface area contributed by atoms with Gasteiger partial charge in [-0.05, 0) is 54.3 Å². The van der Waals surface area contributed by atoms with E-state index in [2.05, 4.69) is 6.07 Å². The Morgan fingerprint density at radius 1 is 1.00 bits per heavy atom. The molecule has 0 radical (unpaired) electrons. The Hall–Kier alpha value is -3.32. The summed E-state index contributed by atoms with van der Waals surface area (Å²) < 4.78 is 34.0. The van der Waals surface area contributed by atoms with Crippen LogP contribution >= 0.6 is 0 Å². The van der Waals surface area contributed by atoms with E-state index >= 15 is 0 Å². The van der Waals surface area contributed by atoms with Crippen molar-refractivity contribution in [3.8, 4) is 5.75 Å². The van der Waals surface area contributed by atoms with Gasteiger partial charge in [-0.2, -0.15) is 0 Å². The van der Waals surface area contributed by atoms with Crippen LogP contribution in [0.1, 0.15) is 16.7 Å². The average molecular weight is 451 g/mol. The first-order valence-electron chi connectivity index (χ1n) is 10.5. The number of methoxy groups -OCH3 is 1. The van der Waals surface area contributed by atoms with Gasteiger partial charge in [0.2, 0.25) is 5.91 Å². The third-order valence-corrected chi connectivity index (χ3v) is 7.49. The lowest BCUT2D eigenvalue weighted by atomic mass is 10.00. The fourth-order valence-corrected chi connectivity index (χ4v) is 5.60. The lowest BCUT2D eigenvalue weighted by Gasteiger charge is -2.32. The molecule has 1 aliphatic rings. The fourth-order valence-electron chi connectivity index (χ4n) is 3.94. The number of anilines is 1. The van der Waals surface area contributed by atoms with E-state index in [4.69, 9.17) is 4.74 Å². The Morgan fingerprint density at radius 3 is 2.41 bits per heavy atom. The Labute approximate surface area is 189 Å². The van der Waals surface area contributed by atoms with Crippen LogP contribution < -0.4 is 9.04 Å². The summed E-state index contributed by atoms with van der Waals surface area (Å²) in [6.45, 7) is 2.57. The van der Waals surface area contributed by atoms with Crippen LogP contribution in [0.3, 0.4) is 0 Å². The van der Waals surface area contributed by atoms with Gasteiger partial charge in [0, 0.05) is 13.1 Å². The SMILES string of the molecule is COc1ccc(C)cc1S(=O)(=O)N(CC(=O)N1CCc2ccccc2C1)c1ccccc1. The number of carbonyl (C=O) groups excluding carboxylic acids is 1. The van der Waals surface area contributed by atoms with Crippen molar-refractivity contribution in [2.75, 3.05) is 24.5 Å². The van der Waals surface area contributed by atoms with Gasteiger partial charge in [0.25, 0.3) is 10.0 Å². The normalized spacial score (nSPS) is 13.4. The minimum Gasteiger partial charge on any atom is -0.495 e. The summed E-state index contributed by atoms with van der Waals surface area (Å²) in [6.07, 6.45) is 0.756. The zero-order chi connectivity index (χ0) is 22.7.